The molecular weight excluding hydrogens is 222 g/mol. The van der Waals surface area contributed by atoms with Gasteiger partial charge < -0.3 is 4.42 Å². The highest BCUT2D eigenvalue weighted by Gasteiger charge is 2.05. The van der Waals surface area contributed by atoms with Crippen LogP contribution in [0.15, 0.2) is 40.8 Å². The van der Waals surface area contributed by atoms with Crippen LogP contribution in [0.25, 0.3) is 22.2 Å². The minimum Gasteiger partial charge on any atom is -0.441 e. The van der Waals surface area contributed by atoms with Gasteiger partial charge in [0.25, 0.3) is 0 Å². The van der Waals surface area contributed by atoms with Crippen molar-refractivity contribution in [3.05, 3.63) is 53.4 Å². The predicted octanol–water partition coefficient (Wildman–Crippen LogP) is 4.42. The SMILES string of the molecule is Cc1nc2ccc(-c3ccc(C)c(C)c3)cc2o1. The third-order valence-electron chi connectivity index (χ3n) is 3.34. The molecule has 90 valence electrons. The van der Waals surface area contributed by atoms with Crippen molar-refractivity contribution in [1.29, 1.82) is 0 Å². The molecule has 1 heterocycles. The molecule has 0 amide bonds. The molecule has 0 aliphatic rings. The average Bonchev–Trinajstić information content (AvgIpc) is 2.71. The van der Waals surface area contributed by atoms with E-state index in [-0.39, 0.29) is 0 Å². The molecule has 0 aliphatic carbocycles. The molecule has 0 bridgehead atoms. The highest BCUT2D eigenvalue weighted by atomic mass is 16.3. The van der Waals surface area contributed by atoms with E-state index in [1.807, 2.05) is 13.0 Å². The number of oxazole rings is 1. The number of hydrogen-bond acceptors (Lipinski definition) is 2. The Balaban J connectivity index is 2.15. The maximum Gasteiger partial charge on any atom is 0.192 e. The molecule has 2 aromatic carbocycles. The second-order valence-corrected chi connectivity index (χ2v) is 4.71. The van der Waals surface area contributed by atoms with Crippen LogP contribution in [0.5, 0.6) is 0 Å². The van der Waals surface area contributed by atoms with Gasteiger partial charge in [-0.25, -0.2) is 4.98 Å². The Hall–Kier alpha value is -2.09. The molecule has 0 atom stereocenters. The smallest absolute Gasteiger partial charge is 0.192 e. The van der Waals surface area contributed by atoms with E-state index < -0.39 is 0 Å². The Bertz CT molecular complexity index is 725. The van der Waals surface area contributed by atoms with Crippen molar-refractivity contribution in [2.75, 3.05) is 0 Å². The lowest BCUT2D eigenvalue weighted by molar-refractivity contribution is 0.561. The van der Waals surface area contributed by atoms with Gasteiger partial charge in [-0.2, -0.15) is 0 Å². The number of aromatic nitrogens is 1. The third kappa shape index (κ3) is 1.80. The molecule has 3 aromatic rings. The van der Waals surface area contributed by atoms with Gasteiger partial charge in [-0.3, -0.25) is 0 Å². The van der Waals surface area contributed by atoms with Crippen LogP contribution in [0.4, 0.5) is 0 Å². The monoisotopic (exact) mass is 237 g/mol. The number of rotatable bonds is 1. The zero-order valence-corrected chi connectivity index (χ0v) is 10.8. The minimum atomic E-state index is 0.710. The van der Waals surface area contributed by atoms with E-state index in [1.165, 1.54) is 22.3 Å². The first kappa shape index (κ1) is 11.0. The molecule has 0 saturated heterocycles. The summed E-state index contributed by atoms with van der Waals surface area (Å²) in [5.41, 5.74) is 6.77. The normalized spacial score (nSPS) is 11.1. The van der Waals surface area contributed by atoms with Crippen molar-refractivity contribution in [2.24, 2.45) is 0 Å². The Morgan fingerprint density at radius 1 is 0.833 bits per heavy atom. The second kappa shape index (κ2) is 3.98. The quantitative estimate of drug-likeness (QED) is 0.626. The van der Waals surface area contributed by atoms with E-state index in [2.05, 4.69) is 49.2 Å². The zero-order valence-electron chi connectivity index (χ0n) is 10.8. The number of nitrogens with zero attached hydrogens (tertiary/aromatic N) is 1. The number of hydrogen-bond donors (Lipinski definition) is 0. The molecule has 0 saturated carbocycles. The molecule has 0 spiro atoms. The molecule has 0 radical (unpaired) electrons. The Kier molecular flexibility index (Phi) is 2.44. The van der Waals surface area contributed by atoms with Crippen LogP contribution in [-0.4, -0.2) is 4.98 Å². The molecular formula is C16H15NO. The van der Waals surface area contributed by atoms with Crippen LogP contribution in [0.1, 0.15) is 17.0 Å². The fourth-order valence-electron chi connectivity index (χ4n) is 2.14. The van der Waals surface area contributed by atoms with Gasteiger partial charge in [0.2, 0.25) is 0 Å². The van der Waals surface area contributed by atoms with E-state index in [4.69, 9.17) is 4.42 Å². The summed E-state index contributed by atoms with van der Waals surface area (Å²) in [5, 5.41) is 0. The summed E-state index contributed by atoms with van der Waals surface area (Å²) in [6.45, 7) is 6.13. The standard InChI is InChI=1S/C16H15NO/c1-10-4-5-13(8-11(10)2)14-6-7-15-16(9-14)18-12(3)17-15/h4-9H,1-3H3. The highest BCUT2D eigenvalue weighted by Crippen LogP contribution is 2.26. The maximum atomic E-state index is 5.57. The zero-order chi connectivity index (χ0) is 12.7. The van der Waals surface area contributed by atoms with Gasteiger partial charge in [-0.05, 0) is 48.2 Å². The lowest BCUT2D eigenvalue weighted by atomic mass is 10.0. The van der Waals surface area contributed by atoms with Crippen molar-refractivity contribution in [2.45, 2.75) is 20.8 Å². The van der Waals surface area contributed by atoms with Crippen molar-refractivity contribution >= 4 is 11.1 Å². The van der Waals surface area contributed by atoms with E-state index in [1.54, 1.807) is 0 Å². The van der Waals surface area contributed by atoms with Crippen LogP contribution < -0.4 is 0 Å². The fourth-order valence-corrected chi connectivity index (χ4v) is 2.14. The predicted molar refractivity (Wildman–Crippen MR) is 73.7 cm³/mol. The van der Waals surface area contributed by atoms with Crippen LogP contribution in [0.2, 0.25) is 0 Å². The van der Waals surface area contributed by atoms with E-state index >= 15 is 0 Å². The molecule has 1 aromatic heterocycles. The molecule has 0 N–H and O–H groups in total. The number of fused-ring (bicyclic) bond motifs is 1. The van der Waals surface area contributed by atoms with Gasteiger partial charge in [0.05, 0.1) is 0 Å². The Morgan fingerprint density at radius 3 is 2.33 bits per heavy atom. The van der Waals surface area contributed by atoms with Gasteiger partial charge in [-0.1, -0.05) is 24.3 Å². The molecule has 0 unspecified atom stereocenters. The summed E-state index contributed by atoms with van der Waals surface area (Å²) in [7, 11) is 0. The fraction of sp³-hybridized carbons (Fsp3) is 0.188. The van der Waals surface area contributed by atoms with Crippen LogP contribution >= 0.6 is 0 Å². The second-order valence-electron chi connectivity index (χ2n) is 4.71. The largest absolute Gasteiger partial charge is 0.441 e. The molecule has 2 heteroatoms. The summed E-state index contributed by atoms with van der Waals surface area (Å²) in [6, 6.07) is 12.7. The van der Waals surface area contributed by atoms with Crippen LogP contribution in [0.3, 0.4) is 0 Å². The summed E-state index contributed by atoms with van der Waals surface area (Å²) in [6.07, 6.45) is 0. The average molecular weight is 237 g/mol. The number of aryl methyl sites for hydroxylation is 3. The van der Waals surface area contributed by atoms with E-state index in [0.29, 0.717) is 5.89 Å². The Labute approximate surface area is 106 Å². The minimum absolute atomic E-state index is 0.710. The first-order valence-corrected chi connectivity index (χ1v) is 6.08. The van der Waals surface area contributed by atoms with Gasteiger partial charge in [0.15, 0.2) is 11.5 Å². The van der Waals surface area contributed by atoms with Crippen LogP contribution in [-0.2, 0) is 0 Å². The molecule has 3 rings (SSSR count). The van der Waals surface area contributed by atoms with Gasteiger partial charge >= 0.3 is 0 Å². The van der Waals surface area contributed by atoms with Crippen molar-refractivity contribution in [1.82, 2.24) is 4.98 Å². The third-order valence-corrected chi connectivity index (χ3v) is 3.34. The highest BCUT2D eigenvalue weighted by molar-refractivity contribution is 5.80. The Morgan fingerprint density at radius 2 is 1.56 bits per heavy atom. The van der Waals surface area contributed by atoms with Gasteiger partial charge in [0, 0.05) is 6.92 Å². The lowest BCUT2D eigenvalue weighted by Gasteiger charge is -2.05. The molecule has 0 aliphatic heterocycles. The topological polar surface area (TPSA) is 26.0 Å². The summed E-state index contributed by atoms with van der Waals surface area (Å²) >= 11 is 0. The summed E-state index contributed by atoms with van der Waals surface area (Å²) in [4.78, 5) is 4.31. The number of benzene rings is 2. The molecule has 0 fully saturated rings. The molecule has 18 heavy (non-hydrogen) atoms. The summed E-state index contributed by atoms with van der Waals surface area (Å²) in [5.74, 6) is 0.710. The first-order chi connectivity index (χ1) is 8.63. The molecule has 2 nitrogen and oxygen atoms in total. The van der Waals surface area contributed by atoms with Crippen LogP contribution in [0, 0.1) is 20.8 Å². The van der Waals surface area contributed by atoms with Gasteiger partial charge in [-0.15, -0.1) is 0 Å². The van der Waals surface area contributed by atoms with Crippen molar-refractivity contribution in [3.63, 3.8) is 0 Å². The van der Waals surface area contributed by atoms with Gasteiger partial charge in [0.1, 0.15) is 5.52 Å². The van der Waals surface area contributed by atoms with Crippen molar-refractivity contribution in [3.8, 4) is 11.1 Å². The maximum absolute atomic E-state index is 5.57. The lowest BCUT2D eigenvalue weighted by Crippen LogP contribution is -1.83. The first-order valence-electron chi connectivity index (χ1n) is 6.08. The van der Waals surface area contributed by atoms with Crippen molar-refractivity contribution < 1.29 is 4.42 Å². The van der Waals surface area contributed by atoms with E-state index in [0.717, 1.165) is 11.1 Å². The summed E-state index contributed by atoms with van der Waals surface area (Å²) < 4.78 is 5.57. The van der Waals surface area contributed by atoms with E-state index in [9.17, 15) is 0 Å².